The van der Waals surface area contributed by atoms with E-state index in [0.717, 1.165) is 6.42 Å². The Kier molecular flexibility index (Phi) is 3.57. The average molecular weight is 235 g/mol. The maximum atomic E-state index is 13.3. The molecule has 2 aromatic rings. The second-order valence-corrected chi connectivity index (χ2v) is 4.81. The van der Waals surface area contributed by atoms with Crippen LogP contribution in [0.3, 0.4) is 0 Å². The van der Waals surface area contributed by atoms with Gasteiger partial charge in [0.1, 0.15) is 5.82 Å². The van der Waals surface area contributed by atoms with E-state index in [2.05, 4.69) is 24.4 Å². The second kappa shape index (κ2) is 5.12. The minimum Gasteiger partial charge on any atom is -0.378 e. The Labute approximate surface area is 98.9 Å². The molecule has 0 spiro atoms. The third kappa shape index (κ3) is 2.61. The van der Waals surface area contributed by atoms with Crippen LogP contribution in [0.5, 0.6) is 0 Å². The van der Waals surface area contributed by atoms with Gasteiger partial charge in [0.05, 0.1) is 5.69 Å². The maximum Gasteiger partial charge on any atom is 0.146 e. The van der Waals surface area contributed by atoms with Gasteiger partial charge in [-0.15, -0.1) is 11.3 Å². The van der Waals surface area contributed by atoms with Crippen molar-refractivity contribution in [3.8, 4) is 0 Å². The van der Waals surface area contributed by atoms with Crippen molar-refractivity contribution in [1.82, 2.24) is 0 Å². The lowest BCUT2D eigenvalue weighted by Gasteiger charge is -2.05. The lowest BCUT2D eigenvalue weighted by molar-refractivity contribution is 0.630. The molecule has 1 nitrogen and oxygen atoms in total. The number of halogens is 1. The van der Waals surface area contributed by atoms with Crippen molar-refractivity contribution in [3.05, 3.63) is 52.0 Å². The second-order valence-electron chi connectivity index (χ2n) is 3.55. The van der Waals surface area contributed by atoms with Crippen molar-refractivity contribution in [2.45, 2.75) is 19.9 Å². The molecule has 0 fully saturated rings. The Hall–Kier alpha value is -1.35. The number of para-hydroxylation sites is 1. The van der Waals surface area contributed by atoms with Gasteiger partial charge in [0.15, 0.2) is 0 Å². The van der Waals surface area contributed by atoms with Crippen LogP contribution in [0.4, 0.5) is 10.1 Å². The van der Waals surface area contributed by atoms with E-state index >= 15 is 0 Å². The van der Waals surface area contributed by atoms with Gasteiger partial charge in [0.25, 0.3) is 0 Å². The van der Waals surface area contributed by atoms with Crippen LogP contribution >= 0.6 is 11.3 Å². The zero-order valence-corrected chi connectivity index (χ0v) is 9.98. The molecule has 0 unspecified atom stereocenters. The smallest absolute Gasteiger partial charge is 0.146 e. The molecule has 0 amide bonds. The largest absolute Gasteiger partial charge is 0.378 e. The Morgan fingerprint density at radius 1 is 1.12 bits per heavy atom. The van der Waals surface area contributed by atoms with Crippen LogP contribution in [0.2, 0.25) is 0 Å². The highest BCUT2D eigenvalue weighted by molar-refractivity contribution is 7.12. The molecule has 0 aliphatic heterocycles. The number of hydrogen-bond acceptors (Lipinski definition) is 2. The predicted molar refractivity (Wildman–Crippen MR) is 67.4 cm³/mol. The van der Waals surface area contributed by atoms with Gasteiger partial charge in [-0.1, -0.05) is 19.1 Å². The number of nitrogens with one attached hydrogen (secondary N) is 1. The molecule has 1 aromatic carbocycles. The maximum absolute atomic E-state index is 13.3. The van der Waals surface area contributed by atoms with E-state index in [4.69, 9.17) is 0 Å². The summed E-state index contributed by atoms with van der Waals surface area (Å²) in [5, 5.41) is 3.10. The zero-order chi connectivity index (χ0) is 11.4. The molecule has 2 rings (SSSR count). The SMILES string of the molecule is CCc1ccc(CNc2ccccc2F)s1. The van der Waals surface area contributed by atoms with Gasteiger partial charge in [-0.05, 0) is 30.7 Å². The lowest BCUT2D eigenvalue weighted by Crippen LogP contribution is -1.99. The molecule has 0 saturated heterocycles. The minimum atomic E-state index is -0.199. The lowest BCUT2D eigenvalue weighted by atomic mass is 10.3. The van der Waals surface area contributed by atoms with E-state index in [-0.39, 0.29) is 5.82 Å². The first kappa shape index (κ1) is 11.1. The Morgan fingerprint density at radius 2 is 1.88 bits per heavy atom. The Balaban J connectivity index is 1.99. The molecule has 0 saturated carbocycles. The van der Waals surface area contributed by atoms with Crippen LogP contribution in [-0.2, 0) is 13.0 Å². The van der Waals surface area contributed by atoms with Crippen LogP contribution in [-0.4, -0.2) is 0 Å². The molecule has 1 N–H and O–H groups in total. The average Bonchev–Trinajstić information content (AvgIpc) is 2.76. The molecule has 0 aliphatic carbocycles. The molecule has 0 radical (unpaired) electrons. The van der Waals surface area contributed by atoms with E-state index in [1.165, 1.54) is 15.8 Å². The fourth-order valence-electron chi connectivity index (χ4n) is 1.49. The van der Waals surface area contributed by atoms with Crippen molar-refractivity contribution < 1.29 is 4.39 Å². The normalized spacial score (nSPS) is 10.4. The summed E-state index contributed by atoms with van der Waals surface area (Å²) in [5.41, 5.74) is 0.564. The first-order valence-corrected chi connectivity index (χ1v) is 6.17. The van der Waals surface area contributed by atoms with Crippen LogP contribution < -0.4 is 5.32 Å². The molecule has 3 heteroatoms. The van der Waals surface area contributed by atoms with Crippen molar-refractivity contribution in [1.29, 1.82) is 0 Å². The fourth-order valence-corrected chi connectivity index (χ4v) is 2.39. The van der Waals surface area contributed by atoms with Gasteiger partial charge in [0, 0.05) is 16.3 Å². The third-order valence-electron chi connectivity index (χ3n) is 2.39. The van der Waals surface area contributed by atoms with Crippen molar-refractivity contribution in [3.63, 3.8) is 0 Å². The standard InChI is InChI=1S/C13H14FNS/c1-2-10-7-8-11(16-10)9-15-13-6-4-3-5-12(13)14/h3-8,15H,2,9H2,1H3. The van der Waals surface area contributed by atoms with Gasteiger partial charge in [-0.2, -0.15) is 0 Å². The van der Waals surface area contributed by atoms with Crippen LogP contribution in [0.15, 0.2) is 36.4 Å². The van der Waals surface area contributed by atoms with Gasteiger partial charge < -0.3 is 5.32 Å². The van der Waals surface area contributed by atoms with Crippen molar-refractivity contribution in [2.24, 2.45) is 0 Å². The molecular formula is C13H14FNS. The summed E-state index contributed by atoms with van der Waals surface area (Å²) in [4.78, 5) is 2.60. The van der Waals surface area contributed by atoms with Crippen molar-refractivity contribution >= 4 is 17.0 Å². The number of benzene rings is 1. The predicted octanol–water partition coefficient (Wildman–Crippen LogP) is 4.06. The fraction of sp³-hybridized carbons (Fsp3) is 0.231. The van der Waals surface area contributed by atoms with Gasteiger partial charge in [0.2, 0.25) is 0 Å². The molecule has 0 atom stereocenters. The van der Waals surface area contributed by atoms with Crippen LogP contribution in [0.1, 0.15) is 16.7 Å². The highest BCUT2D eigenvalue weighted by Crippen LogP contribution is 2.19. The number of rotatable bonds is 4. The number of anilines is 1. The first-order chi connectivity index (χ1) is 7.79. The number of thiophene rings is 1. The quantitative estimate of drug-likeness (QED) is 0.842. The summed E-state index contributed by atoms with van der Waals surface area (Å²) in [6.07, 6.45) is 1.06. The first-order valence-electron chi connectivity index (χ1n) is 5.35. The van der Waals surface area contributed by atoms with Gasteiger partial charge in [-0.25, -0.2) is 4.39 Å². The molecular weight excluding hydrogens is 221 g/mol. The summed E-state index contributed by atoms with van der Waals surface area (Å²) in [6.45, 7) is 2.82. The zero-order valence-electron chi connectivity index (χ0n) is 9.16. The Bertz CT molecular complexity index is 464. The highest BCUT2D eigenvalue weighted by atomic mass is 32.1. The van der Waals surface area contributed by atoms with E-state index in [1.54, 1.807) is 23.5 Å². The summed E-state index contributed by atoms with van der Waals surface area (Å²) in [7, 11) is 0. The summed E-state index contributed by atoms with van der Waals surface area (Å²) in [6, 6.07) is 11.0. The van der Waals surface area contributed by atoms with Crippen LogP contribution in [0.25, 0.3) is 0 Å². The molecule has 1 aromatic heterocycles. The number of aryl methyl sites for hydroxylation is 1. The molecule has 1 heterocycles. The van der Waals surface area contributed by atoms with Gasteiger partial charge in [-0.3, -0.25) is 0 Å². The summed E-state index contributed by atoms with van der Waals surface area (Å²) in [5.74, 6) is -0.199. The molecule has 84 valence electrons. The van der Waals surface area contributed by atoms with E-state index < -0.39 is 0 Å². The van der Waals surface area contributed by atoms with E-state index in [9.17, 15) is 4.39 Å². The summed E-state index contributed by atoms with van der Waals surface area (Å²) >= 11 is 1.77. The molecule has 0 aliphatic rings. The third-order valence-corrected chi connectivity index (χ3v) is 3.62. The van der Waals surface area contributed by atoms with E-state index in [0.29, 0.717) is 12.2 Å². The molecule has 0 bridgehead atoms. The van der Waals surface area contributed by atoms with Crippen molar-refractivity contribution in [2.75, 3.05) is 5.32 Å². The van der Waals surface area contributed by atoms with Gasteiger partial charge >= 0.3 is 0 Å². The molecule has 16 heavy (non-hydrogen) atoms. The highest BCUT2D eigenvalue weighted by Gasteiger charge is 2.01. The Morgan fingerprint density at radius 3 is 2.56 bits per heavy atom. The topological polar surface area (TPSA) is 12.0 Å². The van der Waals surface area contributed by atoms with E-state index in [1.807, 2.05) is 6.07 Å². The minimum absolute atomic E-state index is 0.199. The van der Waals surface area contributed by atoms with Crippen LogP contribution in [0, 0.1) is 5.82 Å². The monoisotopic (exact) mass is 235 g/mol. The number of hydrogen-bond donors (Lipinski definition) is 1. The summed E-state index contributed by atoms with van der Waals surface area (Å²) < 4.78 is 13.3.